The summed E-state index contributed by atoms with van der Waals surface area (Å²) < 4.78 is 18.9. The topological polar surface area (TPSA) is 27.7 Å². The number of halogens is 2. The first-order valence-electron chi connectivity index (χ1n) is 5.03. The Balaban J connectivity index is 3.55. The minimum atomic E-state index is -0.606. The molecule has 0 saturated heterocycles. The van der Waals surface area contributed by atoms with Gasteiger partial charge in [0, 0.05) is 0 Å². The molecule has 7 heteroatoms. The molecular weight excluding hydrogens is 799 g/mol. The Morgan fingerprint density at radius 2 is 1.33 bits per heavy atom. The van der Waals surface area contributed by atoms with Gasteiger partial charge in [-0.1, -0.05) is 0 Å². The molecular formula is C8H16Hg2I2O3. The Labute approximate surface area is 135 Å². The van der Waals surface area contributed by atoms with Gasteiger partial charge in [-0.2, -0.15) is 0 Å². The second-order valence-electron chi connectivity index (χ2n) is 3.21. The minimum absolute atomic E-state index is 0.338. The summed E-state index contributed by atoms with van der Waals surface area (Å²) in [4.78, 5) is 0. The summed E-state index contributed by atoms with van der Waals surface area (Å²) in [6.45, 7) is 1.50. The zero-order valence-corrected chi connectivity index (χ0v) is 24.7. The monoisotopic (exact) mass is 818 g/mol. The van der Waals surface area contributed by atoms with E-state index in [1.165, 1.54) is 7.86 Å². The van der Waals surface area contributed by atoms with Crippen LogP contribution in [0.3, 0.4) is 0 Å². The van der Waals surface area contributed by atoms with Crippen molar-refractivity contribution in [3.63, 3.8) is 0 Å². The molecule has 0 aromatic rings. The van der Waals surface area contributed by atoms with E-state index in [-0.39, 0.29) is 0 Å². The van der Waals surface area contributed by atoms with Gasteiger partial charge >= 0.3 is 138 Å². The first-order valence-corrected chi connectivity index (χ1v) is 43.7. The number of methoxy groups -OCH3 is 2. The van der Waals surface area contributed by atoms with Gasteiger partial charge in [0.05, 0.1) is 0 Å². The first-order chi connectivity index (χ1) is 7.28. The molecule has 0 aromatic heterocycles. The maximum absolute atomic E-state index is 5.66. The summed E-state index contributed by atoms with van der Waals surface area (Å²) in [5.74, 6) is 0. The Morgan fingerprint density at radius 1 is 0.933 bits per heavy atom. The SMILES string of the molecule is COC(COCC([CH2][Hg][I])OC)[CH2][Hg][I]. The van der Waals surface area contributed by atoms with E-state index in [1.807, 2.05) is 0 Å². The molecule has 0 fully saturated rings. The summed E-state index contributed by atoms with van der Waals surface area (Å²) >= 11 is 3.95. The second kappa shape index (κ2) is 13.6. The normalized spacial score (nSPS) is 14.1. The van der Waals surface area contributed by atoms with E-state index in [9.17, 15) is 0 Å². The molecule has 3 nitrogen and oxygen atoms in total. The fourth-order valence-corrected chi connectivity index (χ4v) is 18.3. The Hall–Kier alpha value is 3.21. The average molecular weight is 815 g/mol. The molecule has 0 saturated carbocycles. The van der Waals surface area contributed by atoms with Crippen LogP contribution in [-0.4, -0.2) is 39.6 Å². The zero-order chi connectivity index (χ0) is 11.5. The molecule has 2 atom stereocenters. The van der Waals surface area contributed by atoms with Gasteiger partial charge in [0.1, 0.15) is 0 Å². The fraction of sp³-hybridized carbons (Fsp3) is 1.00. The van der Waals surface area contributed by atoms with E-state index < -0.39 is 40.5 Å². The van der Waals surface area contributed by atoms with Crippen molar-refractivity contribution in [2.75, 3.05) is 27.4 Å². The third-order valence-corrected chi connectivity index (χ3v) is 19.8. The Kier molecular flexibility index (Phi) is 16.6. The molecule has 0 aromatic carbocycles. The van der Waals surface area contributed by atoms with Crippen molar-refractivity contribution < 1.29 is 54.7 Å². The molecule has 0 aliphatic carbocycles. The van der Waals surface area contributed by atoms with Crippen LogP contribution in [0.25, 0.3) is 0 Å². The van der Waals surface area contributed by atoms with Crippen LogP contribution in [0.15, 0.2) is 0 Å². The van der Waals surface area contributed by atoms with Gasteiger partial charge < -0.3 is 0 Å². The van der Waals surface area contributed by atoms with Crippen LogP contribution in [0.2, 0.25) is 7.86 Å². The molecule has 15 heavy (non-hydrogen) atoms. The van der Waals surface area contributed by atoms with Crippen LogP contribution in [0, 0.1) is 0 Å². The summed E-state index contributed by atoms with van der Waals surface area (Å²) in [6.07, 6.45) is 0.676. The van der Waals surface area contributed by atoms with Gasteiger partial charge in [-0.3, -0.25) is 0 Å². The molecule has 0 aliphatic heterocycles. The molecule has 2 unspecified atom stereocenters. The van der Waals surface area contributed by atoms with Crippen LogP contribution in [-0.2, 0) is 54.7 Å². The molecule has 0 N–H and O–H groups in total. The molecule has 0 spiro atoms. The quantitative estimate of drug-likeness (QED) is 0.251. The number of hydrogen-bond acceptors (Lipinski definition) is 3. The van der Waals surface area contributed by atoms with Gasteiger partial charge in [-0.05, 0) is 0 Å². The van der Waals surface area contributed by atoms with Gasteiger partial charge in [0.2, 0.25) is 0 Å². The third kappa shape index (κ3) is 10.8. The average Bonchev–Trinajstić information content (AvgIpc) is 2.26. The number of ether oxygens (including phenoxy) is 3. The van der Waals surface area contributed by atoms with Crippen LogP contribution in [0.4, 0.5) is 0 Å². The Bertz CT molecular complexity index is 129. The standard InChI is InChI=1S/C8H16O3.2Hg.2HI/c1-7(9-3)5-11-6-8(2)10-4;;;;/h7-8H,1-2,5-6H2,3-4H3;;;2*1H/q;2*+1;;/p-2. The maximum atomic E-state index is 5.66. The molecule has 0 radical (unpaired) electrons. The predicted octanol–water partition coefficient (Wildman–Crippen LogP) is 2.73. The van der Waals surface area contributed by atoms with Crippen molar-refractivity contribution in [1.82, 2.24) is 0 Å². The predicted molar refractivity (Wildman–Crippen MR) is 70.1 cm³/mol. The van der Waals surface area contributed by atoms with Crippen molar-refractivity contribution in [3.8, 4) is 0 Å². The molecule has 0 heterocycles. The Morgan fingerprint density at radius 3 is 1.60 bits per heavy atom. The van der Waals surface area contributed by atoms with Crippen molar-refractivity contribution in [2.45, 2.75) is 20.1 Å². The molecule has 84 valence electrons. The van der Waals surface area contributed by atoms with Crippen molar-refractivity contribution in [3.05, 3.63) is 0 Å². The van der Waals surface area contributed by atoms with Gasteiger partial charge in [-0.15, -0.1) is 0 Å². The summed E-state index contributed by atoms with van der Waals surface area (Å²) in [5, 5.41) is 0. The zero-order valence-electron chi connectivity index (χ0n) is 9.38. The van der Waals surface area contributed by atoms with E-state index in [0.29, 0.717) is 12.2 Å². The van der Waals surface area contributed by atoms with E-state index >= 15 is 0 Å². The van der Waals surface area contributed by atoms with Crippen molar-refractivity contribution >= 4 is 35.3 Å². The van der Waals surface area contributed by atoms with E-state index in [0.717, 1.165) is 13.2 Å². The van der Waals surface area contributed by atoms with E-state index in [2.05, 4.69) is 35.3 Å². The molecule has 0 aliphatic rings. The molecule has 0 amide bonds. The van der Waals surface area contributed by atoms with E-state index in [1.54, 1.807) is 14.2 Å². The van der Waals surface area contributed by atoms with Crippen LogP contribution in [0.1, 0.15) is 0 Å². The van der Waals surface area contributed by atoms with E-state index in [4.69, 9.17) is 14.2 Å². The number of rotatable bonds is 10. The summed E-state index contributed by atoms with van der Waals surface area (Å²) in [5.41, 5.74) is 0. The third-order valence-electron chi connectivity index (χ3n) is 2.14. The van der Waals surface area contributed by atoms with Gasteiger partial charge in [-0.25, -0.2) is 0 Å². The molecule has 0 rings (SSSR count). The number of hydrogen-bond donors (Lipinski definition) is 0. The van der Waals surface area contributed by atoms with Gasteiger partial charge in [0.15, 0.2) is 0 Å². The summed E-state index contributed by atoms with van der Waals surface area (Å²) in [6, 6.07) is 0. The van der Waals surface area contributed by atoms with Crippen LogP contribution < -0.4 is 0 Å². The molecule has 0 bridgehead atoms. The summed E-state index contributed by atoms with van der Waals surface area (Å²) in [7, 11) is 3.56. The van der Waals surface area contributed by atoms with Gasteiger partial charge in [0.25, 0.3) is 0 Å². The fourth-order valence-electron chi connectivity index (χ4n) is 1.11. The van der Waals surface area contributed by atoms with Crippen LogP contribution in [0.5, 0.6) is 0 Å². The van der Waals surface area contributed by atoms with Crippen molar-refractivity contribution in [2.24, 2.45) is 0 Å². The van der Waals surface area contributed by atoms with Crippen LogP contribution >= 0.6 is 35.3 Å². The van der Waals surface area contributed by atoms with Crippen molar-refractivity contribution in [1.29, 1.82) is 0 Å². The first kappa shape index (κ1) is 18.2. The second-order valence-corrected chi connectivity index (χ2v) is 29.6.